The summed E-state index contributed by atoms with van der Waals surface area (Å²) in [6.45, 7) is 14.5. The second kappa shape index (κ2) is 21.6. The van der Waals surface area contributed by atoms with Crippen LogP contribution in [0.25, 0.3) is 0 Å². The van der Waals surface area contributed by atoms with Gasteiger partial charge in [-0.05, 0) is 66.6 Å². The van der Waals surface area contributed by atoms with Gasteiger partial charge in [-0.15, -0.1) is 0 Å². The highest BCUT2D eigenvalue weighted by Gasteiger charge is 2.07. The monoisotopic (exact) mass is 496 g/mol. The highest BCUT2D eigenvalue weighted by Crippen LogP contribution is 2.21. The summed E-state index contributed by atoms with van der Waals surface area (Å²) < 4.78 is 34.8. The zero-order chi connectivity index (χ0) is 27.9. The van der Waals surface area contributed by atoms with Crippen molar-refractivity contribution in [3.8, 4) is 23.6 Å². The van der Waals surface area contributed by atoms with Gasteiger partial charge in [0, 0.05) is 0 Å². The Hall–Kier alpha value is -3.90. The highest BCUT2D eigenvalue weighted by atomic mass is 19.1. The van der Waals surface area contributed by atoms with Crippen molar-refractivity contribution in [2.45, 2.75) is 61.7 Å². The van der Waals surface area contributed by atoms with E-state index in [0.717, 1.165) is 22.8 Å². The van der Waals surface area contributed by atoms with Crippen molar-refractivity contribution >= 4 is 0 Å². The van der Waals surface area contributed by atoms with Crippen molar-refractivity contribution in [3.63, 3.8) is 0 Å². The Kier molecular flexibility index (Phi) is 20.6. The van der Waals surface area contributed by atoms with Gasteiger partial charge in [0.15, 0.2) is 11.6 Å². The number of hydrogen-bond acceptors (Lipinski definition) is 4. The molecule has 0 aliphatic rings. The molecule has 194 valence electrons. The molecule has 0 saturated heterocycles. The van der Waals surface area contributed by atoms with Gasteiger partial charge < -0.3 is 9.47 Å². The van der Waals surface area contributed by atoms with Crippen molar-refractivity contribution in [1.82, 2.24) is 0 Å². The molecule has 0 atom stereocenters. The van der Waals surface area contributed by atoms with Crippen LogP contribution in [0.5, 0.6) is 11.5 Å². The number of ether oxygens (including phenoxy) is 2. The summed E-state index contributed by atoms with van der Waals surface area (Å²) in [6, 6.07) is 20.9. The van der Waals surface area contributed by atoms with Crippen molar-refractivity contribution in [2.75, 3.05) is 7.18 Å². The fourth-order valence-electron chi connectivity index (χ4n) is 2.76. The maximum Gasteiger partial charge on any atom is 0.166 e. The van der Waals surface area contributed by atoms with Crippen LogP contribution >= 0.6 is 0 Å². The second-order valence-corrected chi connectivity index (χ2v) is 6.30. The largest absolute Gasteiger partial charge is 0.489 e. The lowest BCUT2D eigenvalue weighted by molar-refractivity contribution is 0.288. The molecular formula is C30H38F2N2O2. The zero-order valence-electron chi connectivity index (χ0n) is 22.7. The lowest BCUT2D eigenvalue weighted by atomic mass is 10.1. The van der Waals surface area contributed by atoms with Gasteiger partial charge in [0.25, 0.3) is 0 Å². The Morgan fingerprint density at radius 3 is 1.61 bits per heavy atom. The van der Waals surface area contributed by atoms with E-state index in [1.54, 1.807) is 24.3 Å². The number of aryl methyl sites for hydroxylation is 1. The minimum atomic E-state index is -0.559. The van der Waals surface area contributed by atoms with Crippen LogP contribution < -0.4 is 9.47 Å². The molecular weight excluding hydrogens is 458 g/mol. The van der Waals surface area contributed by atoms with Gasteiger partial charge in [-0.2, -0.15) is 10.5 Å². The number of rotatable bonds is 6. The number of alkyl halides is 1. The molecule has 0 bridgehead atoms. The summed E-state index contributed by atoms with van der Waals surface area (Å²) in [6.07, 6.45) is 0. The fraction of sp³-hybridized carbons (Fsp3) is 0.333. The highest BCUT2D eigenvalue weighted by molar-refractivity contribution is 5.37. The van der Waals surface area contributed by atoms with Gasteiger partial charge in [0.1, 0.15) is 19.0 Å². The normalized spacial score (nSPS) is 8.44. The molecule has 3 aromatic rings. The Labute approximate surface area is 215 Å². The molecule has 0 spiro atoms. The maximum absolute atomic E-state index is 13.9. The Morgan fingerprint density at radius 2 is 1.14 bits per heavy atom. The van der Waals surface area contributed by atoms with Gasteiger partial charge >= 0.3 is 0 Å². The smallest absolute Gasteiger partial charge is 0.166 e. The van der Waals surface area contributed by atoms with Crippen LogP contribution in [0.4, 0.5) is 8.78 Å². The van der Waals surface area contributed by atoms with Gasteiger partial charge in [0.05, 0.1) is 30.4 Å². The van der Waals surface area contributed by atoms with Crippen LogP contribution in [-0.4, -0.2) is 7.18 Å². The molecule has 36 heavy (non-hydrogen) atoms. The SMILES string of the molecule is CC.CC.CC.CF.Cc1cc(COc2ccc(C#N)cc2)cc(COc2ccc(C#N)cc2F)c1. The van der Waals surface area contributed by atoms with E-state index >= 15 is 0 Å². The van der Waals surface area contributed by atoms with E-state index in [1.165, 1.54) is 12.1 Å². The quantitative estimate of drug-likeness (QED) is 0.342. The van der Waals surface area contributed by atoms with Crippen LogP contribution in [0.15, 0.2) is 60.7 Å². The summed E-state index contributed by atoms with van der Waals surface area (Å²) in [5, 5.41) is 17.6. The summed E-state index contributed by atoms with van der Waals surface area (Å²) >= 11 is 0. The first-order valence-corrected chi connectivity index (χ1v) is 12.0. The Morgan fingerprint density at radius 1 is 0.667 bits per heavy atom. The average molecular weight is 497 g/mol. The molecule has 0 aliphatic carbocycles. The van der Waals surface area contributed by atoms with Gasteiger partial charge in [-0.1, -0.05) is 59.2 Å². The number of hydrogen-bond donors (Lipinski definition) is 0. The molecule has 0 aromatic heterocycles. The van der Waals surface area contributed by atoms with Crippen molar-refractivity contribution in [1.29, 1.82) is 10.5 Å². The van der Waals surface area contributed by atoms with Crippen molar-refractivity contribution in [2.24, 2.45) is 0 Å². The van der Waals surface area contributed by atoms with E-state index in [0.29, 0.717) is 25.1 Å². The molecule has 0 unspecified atom stereocenters. The first kappa shape index (κ1) is 34.3. The van der Waals surface area contributed by atoms with Crippen LogP contribution in [-0.2, 0) is 13.2 Å². The summed E-state index contributed by atoms with van der Waals surface area (Å²) in [5.74, 6) is 0.227. The Balaban J connectivity index is 0. The summed E-state index contributed by atoms with van der Waals surface area (Å²) in [7, 11) is 0.500. The average Bonchev–Trinajstić information content (AvgIpc) is 2.95. The molecule has 0 aliphatic heterocycles. The molecule has 4 nitrogen and oxygen atoms in total. The lowest BCUT2D eigenvalue weighted by Gasteiger charge is -2.11. The molecule has 3 rings (SSSR count). The van der Waals surface area contributed by atoms with Crippen molar-refractivity contribution < 1.29 is 18.3 Å². The molecule has 0 amide bonds. The minimum Gasteiger partial charge on any atom is -0.489 e. The van der Waals surface area contributed by atoms with E-state index in [-0.39, 0.29) is 17.9 Å². The molecule has 6 heteroatoms. The number of nitrogens with zero attached hydrogens (tertiary/aromatic N) is 2. The first-order valence-electron chi connectivity index (χ1n) is 12.0. The molecule has 0 saturated carbocycles. The van der Waals surface area contributed by atoms with E-state index in [4.69, 9.17) is 20.0 Å². The van der Waals surface area contributed by atoms with E-state index in [9.17, 15) is 8.78 Å². The van der Waals surface area contributed by atoms with Crippen molar-refractivity contribution in [3.05, 3.63) is 94.3 Å². The fourth-order valence-corrected chi connectivity index (χ4v) is 2.76. The Bertz CT molecular complexity index is 1070. The molecule has 0 radical (unpaired) electrons. The third kappa shape index (κ3) is 12.5. The third-order valence-corrected chi connectivity index (χ3v) is 4.04. The third-order valence-electron chi connectivity index (χ3n) is 4.04. The zero-order valence-corrected chi connectivity index (χ0v) is 22.7. The predicted molar refractivity (Wildman–Crippen MR) is 143 cm³/mol. The van der Waals surface area contributed by atoms with E-state index < -0.39 is 5.82 Å². The second-order valence-electron chi connectivity index (χ2n) is 6.30. The van der Waals surface area contributed by atoms with Crippen LogP contribution in [0.3, 0.4) is 0 Å². The number of halogens is 2. The van der Waals surface area contributed by atoms with Gasteiger partial charge in [0.2, 0.25) is 0 Å². The van der Waals surface area contributed by atoms with Crippen LogP contribution in [0.2, 0.25) is 0 Å². The number of benzene rings is 3. The van der Waals surface area contributed by atoms with Gasteiger partial charge in [-0.3, -0.25) is 4.39 Å². The van der Waals surface area contributed by atoms with Crippen LogP contribution in [0, 0.1) is 35.4 Å². The summed E-state index contributed by atoms with van der Waals surface area (Å²) in [4.78, 5) is 0. The van der Waals surface area contributed by atoms with E-state index in [1.807, 2.05) is 72.7 Å². The van der Waals surface area contributed by atoms with E-state index in [2.05, 4.69) is 6.07 Å². The number of nitriles is 2. The molecule has 0 heterocycles. The molecule has 0 fully saturated rings. The summed E-state index contributed by atoms with van der Waals surface area (Å²) in [5.41, 5.74) is 3.73. The maximum atomic E-state index is 13.9. The first-order chi connectivity index (χ1) is 17.6. The van der Waals surface area contributed by atoms with Gasteiger partial charge in [-0.25, -0.2) is 4.39 Å². The van der Waals surface area contributed by atoms with Crippen LogP contribution in [0.1, 0.15) is 69.4 Å². The lowest BCUT2D eigenvalue weighted by Crippen LogP contribution is -2.01. The molecule has 3 aromatic carbocycles. The predicted octanol–water partition coefficient (Wildman–Crippen LogP) is 8.70. The standard InChI is InChI=1S/C23H17FN2O2.3C2H6.CH3F/c1-16-8-19(14-27-21-5-2-17(12-25)3-6-21)10-20(9-16)15-28-23-7-4-18(13-26)11-22(23)24;4*1-2/h2-11H,14-15H2,1H3;3*1-2H3;1H3. The molecule has 0 N–H and O–H groups in total. The minimum absolute atomic E-state index is 0.107. The topological polar surface area (TPSA) is 66.0 Å².